The molecule has 9 atom stereocenters. The van der Waals surface area contributed by atoms with Gasteiger partial charge in [0, 0.05) is 13.0 Å². The summed E-state index contributed by atoms with van der Waals surface area (Å²) in [5.74, 6) is -13.9. The molecule has 1 saturated heterocycles. The molecule has 0 saturated carbocycles. The summed E-state index contributed by atoms with van der Waals surface area (Å²) in [6, 6.07) is -15.2. The number of carboxylic acids is 3. The molecule has 60 heavy (non-hydrogen) atoms. The Hall–Kier alpha value is -6.07. The summed E-state index contributed by atoms with van der Waals surface area (Å²) in [5, 5.41) is 89.4. The highest BCUT2D eigenvalue weighted by Gasteiger charge is 2.40. The fourth-order valence-corrected chi connectivity index (χ4v) is 5.30. The van der Waals surface area contributed by atoms with Crippen LogP contribution in [0, 0.1) is 0 Å². The van der Waals surface area contributed by atoms with E-state index in [0.717, 1.165) is 4.90 Å². The van der Waals surface area contributed by atoms with Gasteiger partial charge in [0.25, 0.3) is 0 Å². The lowest BCUT2D eigenvalue weighted by Gasteiger charge is -2.30. The third-order valence-electron chi connectivity index (χ3n) is 8.64. The molecule has 28 nitrogen and oxygen atoms in total. The number of hydrogen-bond donors (Lipinski definition) is 16. The van der Waals surface area contributed by atoms with Crippen molar-refractivity contribution < 1.29 is 93.6 Å². The van der Waals surface area contributed by atoms with E-state index in [9.17, 15) is 73.2 Å². The quantitative estimate of drug-likeness (QED) is 0.0384. The van der Waals surface area contributed by atoms with E-state index in [0.29, 0.717) is 0 Å². The highest BCUT2D eigenvalue weighted by atomic mass is 16.4. The third-order valence-corrected chi connectivity index (χ3v) is 8.64. The maximum absolute atomic E-state index is 13.6. The smallest absolute Gasteiger partial charge is 0.328 e. The summed E-state index contributed by atoms with van der Waals surface area (Å²) < 4.78 is 0. The van der Waals surface area contributed by atoms with E-state index in [-0.39, 0.29) is 19.4 Å². The van der Waals surface area contributed by atoms with Gasteiger partial charge in [-0.15, -0.1) is 0 Å². The zero-order valence-corrected chi connectivity index (χ0v) is 32.1. The Balaban J connectivity index is 3.06. The number of aliphatic hydroxyl groups excluding tert-OH is 5. The molecule has 17 N–H and O–H groups in total. The van der Waals surface area contributed by atoms with Crippen LogP contribution in [-0.4, -0.2) is 205 Å². The molecule has 1 heterocycles. The van der Waals surface area contributed by atoms with Gasteiger partial charge in [0.1, 0.15) is 54.4 Å². The van der Waals surface area contributed by atoms with Gasteiger partial charge in [-0.3, -0.25) is 47.9 Å². The van der Waals surface area contributed by atoms with Crippen LogP contribution in [0.4, 0.5) is 0 Å². The number of rotatable bonds is 26. The van der Waals surface area contributed by atoms with Gasteiger partial charge >= 0.3 is 17.9 Å². The molecule has 1 fully saturated rings. The van der Waals surface area contributed by atoms with Crippen molar-refractivity contribution in [2.75, 3.05) is 39.6 Å². The molecule has 0 aromatic heterocycles. The van der Waals surface area contributed by atoms with Crippen molar-refractivity contribution in [3.05, 3.63) is 0 Å². The molecule has 0 spiro atoms. The second kappa shape index (κ2) is 25.4. The highest BCUT2D eigenvalue weighted by molar-refractivity contribution is 5.98. The predicted molar refractivity (Wildman–Crippen MR) is 194 cm³/mol. The Kier molecular flexibility index (Phi) is 22.0. The van der Waals surface area contributed by atoms with E-state index in [4.69, 9.17) is 26.2 Å². The van der Waals surface area contributed by atoms with E-state index in [2.05, 4.69) is 16.0 Å². The molecule has 1 aliphatic heterocycles. The molecule has 1 aliphatic rings. The van der Waals surface area contributed by atoms with Crippen LogP contribution in [0.1, 0.15) is 39.0 Å². The van der Waals surface area contributed by atoms with E-state index in [1.54, 1.807) is 5.32 Å². The first kappa shape index (κ1) is 51.9. The third kappa shape index (κ3) is 16.3. The minimum atomic E-state index is -1.99. The second-order valence-corrected chi connectivity index (χ2v) is 13.2. The van der Waals surface area contributed by atoms with Crippen LogP contribution >= 0.6 is 0 Å². The molecule has 0 aliphatic carbocycles. The number of nitrogens with one attached hydrogen (secondary N) is 7. The molecule has 0 bridgehead atoms. The first-order chi connectivity index (χ1) is 28.1. The van der Waals surface area contributed by atoms with Gasteiger partial charge in [-0.1, -0.05) is 0 Å². The first-order valence-corrected chi connectivity index (χ1v) is 18.0. The Morgan fingerprint density at radius 1 is 0.567 bits per heavy atom. The van der Waals surface area contributed by atoms with E-state index in [1.165, 1.54) is 6.92 Å². The van der Waals surface area contributed by atoms with Gasteiger partial charge in [-0.2, -0.15) is 0 Å². The van der Waals surface area contributed by atoms with Gasteiger partial charge in [0.05, 0.1) is 39.5 Å². The van der Waals surface area contributed by atoms with Crippen LogP contribution in [0.3, 0.4) is 0 Å². The van der Waals surface area contributed by atoms with E-state index < -0.39 is 172 Å². The number of carboxylic acid groups (broad SMARTS) is 3. The fourth-order valence-electron chi connectivity index (χ4n) is 5.30. The number of carbonyl (C=O) groups is 11. The largest absolute Gasteiger partial charge is 0.481 e. The lowest BCUT2D eigenvalue weighted by atomic mass is 10.1. The number of nitrogens with two attached hydrogens (primary N) is 1. The molecule has 28 heteroatoms. The average molecular weight is 866 g/mol. The van der Waals surface area contributed by atoms with Gasteiger partial charge < -0.3 is 88.7 Å². The van der Waals surface area contributed by atoms with Crippen LogP contribution in [0.15, 0.2) is 0 Å². The van der Waals surface area contributed by atoms with Crippen molar-refractivity contribution in [2.45, 2.75) is 93.4 Å². The van der Waals surface area contributed by atoms with Crippen LogP contribution in [0.5, 0.6) is 0 Å². The molecule has 8 amide bonds. The summed E-state index contributed by atoms with van der Waals surface area (Å²) in [6.07, 6.45) is -1.99. The summed E-state index contributed by atoms with van der Waals surface area (Å²) >= 11 is 0. The monoisotopic (exact) mass is 865 g/mol. The van der Waals surface area contributed by atoms with Gasteiger partial charge in [0.15, 0.2) is 0 Å². The van der Waals surface area contributed by atoms with Crippen LogP contribution in [-0.2, 0) is 52.7 Å². The van der Waals surface area contributed by atoms with Gasteiger partial charge in [-0.05, 0) is 26.2 Å². The topological polar surface area (TPSA) is 463 Å². The van der Waals surface area contributed by atoms with Crippen molar-refractivity contribution in [2.24, 2.45) is 5.73 Å². The maximum Gasteiger partial charge on any atom is 0.328 e. The molecule has 0 aromatic rings. The molecule has 9 unspecified atom stereocenters. The number of likely N-dealkylation sites (tertiary alicyclic amines) is 1. The molecule has 0 aromatic carbocycles. The van der Waals surface area contributed by atoms with Gasteiger partial charge in [-0.25, -0.2) is 4.79 Å². The fraction of sp³-hybridized carbons (Fsp3) is 0.656. The lowest BCUT2D eigenvalue weighted by molar-refractivity contribution is -0.144. The molecule has 0 radical (unpaired) electrons. The maximum atomic E-state index is 13.6. The van der Waals surface area contributed by atoms with Crippen molar-refractivity contribution in [1.29, 1.82) is 0 Å². The standard InChI is InChI=1S/C32H51N9O19/c1-13(34-25(52)14(33)8-42)24(51)35-15(4-5-22(47)48)31(58)41-6-2-3-21(41)30(57)39-19(11-45)29(56)38-18(10-44)28(55)37-17(9-43)27(54)36-16(7-23(49)50)26(53)40-20(12-46)32(59)60/h13-21,42-46H,2-12,33H2,1H3,(H,34,52)(H,35,51)(H,36,54)(H,37,55)(H,38,56)(H,39,57)(H,40,53)(H,47,48)(H,49,50)(H,59,60). The summed E-state index contributed by atoms with van der Waals surface area (Å²) in [5.41, 5.74) is 5.42. The summed E-state index contributed by atoms with van der Waals surface area (Å²) in [6.45, 7) is -4.21. The molecule has 338 valence electrons. The van der Waals surface area contributed by atoms with Crippen molar-refractivity contribution in [3.63, 3.8) is 0 Å². The molecule has 1 rings (SSSR count). The van der Waals surface area contributed by atoms with Crippen LogP contribution < -0.4 is 43.0 Å². The molecular formula is C32H51N9O19. The number of carbonyl (C=O) groups excluding carboxylic acids is 8. The Bertz CT molecular complexity index is 1600. The Labute approximate surface area is 339 Å². The minimum Gasteiger partial charge on any atom is -0.481 e. The lowest BCUT2D eigenvalue weighted by Crippen LogP contribution is -2.61. The van der Waals surface area contributed by atoms with Crippen molar-refractivity contribution in [3.8, 4) is 0 Å². The summed E-state index contributed by atoms with van der Waals surface area (Å²) in [4.78, 5) is 138. The number of hydrogen-bond acceptors (Lipinski definition) is 17. The first-order valence-electron chi connectivity index (χ1n) is 18.0. The Morgan fingerprint density at radius 3 is 1.47 bits per heavy atom. The number of amides is 8. The Morgan fingerprint density at radius 2 is 1.02 bits per heavy atom. The number of aliphatic carboxylic acids is 3. The average Bonchev–Trinajstić information content (AvgIpc) is 3.70. The SMILES string of the molecule is CC(NC(=O)C(N)CO)C(=O)NC(CCC(=O)O)C(=O)N1CCCC1C(=O)NC(CO)C(=O)NC(CO)C(=O)NC(CO)C(=O)NC(CC(=O)O)C(=O)NC(CO)C(=O)O. The second-order valence-electron chi connectivity index (χ2n) is 13.2. The zero-order chi connectivity index (χ0) is 45.9. The van der Waals surface area contributed by atoms with Crippen molar-refractivity contribution in [1.82, 2.24) is 42.1 Å². The normalized spacial score (nSPS) is 17.4. The van der Waals surface area contributed by atoms with Crippen molar-refractivity contribution >= 4 is 65.2 Å². The van der Waals surface area contributed by atoms with E-state index >= 15 is 0 Å². The number of aliphatic hydroxyl groups is 5. The van der Waals surface area contributed by atoms with Gasteiger partial charge in [0.2, 0.25) is 47.3 Å². The molecular weight excluding hydrogens is 814 g/mol. The van der Waals surface area contributed by atoms with Crippen LogP contribution in [0.2, 0.25) is 0 Å². The summed E-state index contributed by atoms with van der Waals surface area (Å²) in [7, 11) is 0. The predicted octanol–water partition coefficient (Wildman–Crippen LogP) is -9.90. The van der Waals surface area contributed by atoms with E-state index in [1.807, 2.05) is 16.0 Å². The highest BCUT2D eigenvalue weighted by Crippen LogP contribution is 2.20. The minimum absolute atomic E-state index is 0.00864. The number of nitrogens with zero attached hydrogens (tertiary/aromatic N) is 1. The zero-order valence-electron chi connectivity index (χ0n) is 32.1. The van der Waals surface area contributed by atoms with Crippen LogP contribution in [0.25, 0.3) is 0 Å².